The molecule has 4 aliphatic rings. The molecule has 0 unspecified atom stereocenters. The lowest BCUT2D eigenvalue weighted by atomic mass is 9.95. The molecule has 0 saturated carbocycles. The van der Waals surface area contributed by atoms with Crippen LogP contribution in [0.2, 0.25) is 0 Å². The number of aliphatic hydroxyl groups excluding tert-OH is 14. The molecule has 16 N–H and O–H groups in total. The molecule has 4 fully saturated rings. The number of hydrogen-bond donors (Lipinski definition) is 16. The topological polar surface area (TPSA) is 490 Å². The number of carbonyl (C=O) groups is 6. The van der Waals surface area contributed by atoms with E-state index in [0.717, 1.165) is 14.2 Å². The first kappa shape index (κ1) is 56.6. The average Bonchev–Trinajstić information content (AvgIpc) is 3.33. The fourth-order valence-electron chi connectivity index (χ4n) is 7.36. The fourth-order valence-corrected chi connectivity index (χ4v) is 7.36. The number of methoxy groups -OCH3 is 2. The number of nitrogens with one attached hydrogen (secondary N) is 2. The van der Waals surface area contributed by atoms with Gasteiger partial charge < -0.3 is 120 Å². The molecule has 0 aliphatic carbocycles. The fraction of sp³-hybridized carbons (Fsp3) is 0.833. The zero-order valence-corrected chi connectivity index (χ0v) is 36.1. The van der Waals surface area contributed by atoms with E-state index in [1.165, 1.54) is 0 Å². The Kier molecular flexibility index (Phi) is 21.0. The van der Waals surface area contributed by atoms with Gasteiger partial charge in [-0.25, -0.2) is 0 Å². The van der Waals surface area contributed by atoms with Crippen LogP contribution in [-0.4, -0.2) is 306 Å². The number of amides is 4. The first-order valence-electron chi connectivity index (χ1n) is 20.6. The van der Waals surface area contributed by atoms with Crippen LogP contribution in [0.4, 0.5) is 0 Å². The minimum absolute atomic E-state index is 0.106. The molecule has 4 heterocycles. The molecule has 0 bridgehead atoms. The van der Waals surface area contributed by atoms with Crippen molar-refractivity contribution in [2.45, 2.75) is 123 Å². The van der Waals surface area contributed by atoms with Crippen LogP contribution >= 0.6 is 0 Å². The van der Waals surface area contributed by atoms with Crippen molar-refractivity contribution in [3.63, 3.8) is 0 Å². The largest absolute Gasteiger partial charge is 0.468 e. The van der Waals surface area contributed by atoms with E-state index in [1.807, 2.05) is 10.6 Å². The second kappa shape index (κ2) is 25.2. The van der Waals surface area contributed by atoms with Gasteiger partial charge in [-0.15, -0.1) is 0 Å². The van der Waals surface area contributed by atoms with E-state index in [0.29, 0.717) is 0 Å². The Bertz CT molecular complexity index is 1590. The van der Waals surface area contributed by atoms with E-state index >= 15 is 0 Å². The van der Waals surface area contributed by atoms with Crippen LogP contribution in [-0.2, 0) is 66.7 Å². The lowest BCUT2D eigenvalue weighted by molar-refractivity contribution is -0.348. The number of ether oxygens (including phenoxy) is 8. The molecule has 20 atom stereocenters. The van der Waals surface area contributed by atoms with Crippen molar-refractivity contribution in [1.29, 1.82) is 0 Å². The second-order valence-electron chi connectivity index (χ2n) is 15.6. The van der Waals surface area contributed by atoms with Gasteiger partial charge in [0.1, 0.15) is 124 Å². The van der Waals surface area contributed by atoms with Gasteiger partial charge in [0.15, 0.2) is 25.0 Å². The molecule has 0 spiro atoms. The molecule has 32 nitrogen and oxygen atoms in total. The van der Waals surface area contributed by atoms with E-state index in [4.69, 9.17) is 28.4 Å². The first-order valence-corrected chi connectivity index (χ1v) is 20.6. The highest BCUT2D eigenvalue weighted by Crippen LogP contribution is 2.33. The lowest BCUT2D eigenvalue weighted by Gasteiger charge is -2.49. The van der Waals surface area contributed by atoms with Gasteiger partial charge in [0.05, 0.1) is 40.6 Å². The summed E-state index contributed by atoms with van der Waals surface area (Å²) < 4.78 is 41.8. The van der Waals surface area contributed by atoms with E-state index in [2.05, 4.69) is 9.47 Å². The maximum absolute atomic E-state index is 14.5. The molecule has 0 radical (unpaired) electrons. The first-order chi connectivity index (χ1) is 32.1. The van der Waals surface area contributed by atoms with Crippen LogP contribution in [0, 0.1) is 0 Å². The minimum atomic E-state index is -2.49. The van der Waals surface area contributed by atoms with Crippen LogP contribution in [0.1, 0.15) is 0 Å². The van der Waals surface area contributed by atoms with Crippen molar-refractivity contribution >= 4 is 35.6 Å². The number of nitrogens with zero attached hydrogens (tertiary/aromatic N) is 2. The van der Waals surface area contributed by atoms with Crippen LogP contribution in [0.3, 0.4) is 0 Å². The van der Waals surface area contributed by atoms with Crippen LogP contribution in [0.25, 0.3) is 0 Å². The van der Waals surface area contributed by atoms with Gasteiger partial charge in [-0.2, -0.15) is 0 Å². The Morgan fingerprint density at radius 2 is 0.765 bits per heavy atom. The van der Waals surface area contributed by atoms with Gasteiger partial charge in [-0.1, -0.05) is 0 Å². The molecular weight excluding hydrogens is 936 g/mol. The predicted octanol–water partition coefficient (Wildman–Crippen LogP) is -13.5. The summed E-state index contributed by atoms with van der Waals surface area (Å²) in [6.45, 7) is -8.69. The summed E-state index contributed by atoms with van der Waals surface area (Å²) in [5.74, 6) is -8.62. The quantitative estimate of drug-likeness (QED) is 0.0448. The van der Waals surface area contributed by atoms with Gasteiger partial charge >= 0.3 is 23.8 Å². The number of esters is 2. The Labute approximate surface area is 383 Å². The van der Waals surface area contributed by atoms with E-state index < -0.39 is 211 Å². The third-order valence-corrected chi connectivity index (χ3v) is 11.2. The molecule has 0 aromatic heterocycles. The maximum atomic E-state index is 14.5. The number of hydrogen-bond acceptors (Lipinski definition) is 28. The normalized spacial score (nSPS) is 38.4. The summed E-state index contributed by atoms with van der Waals surface area (Å²) in [5, 5.41) is 151. The van der Waals surface area contributed by atoms with Crippen molar-refractivity contribution in [3.05, 3.63) is 0 Å². The number of aliphatic hydroxyl groups is 14. The standard InChI is InChI=1S/C36H58N4O28/c1-61-17(47)3-37-15(45)5-39(33-25(55)23(53)29(13(9-43)63-33)67-35-27(57)21(51)19(49)11(7-41)65-35)31(59)32(60)40(6-16(46)38-4-18(48)62-2)34-26(56)24(54)30(14(10-44)64-34)68-36-28(58)22(52)20(50)12(8-42)66-36/h11-14,19-30,33-36,41-44,49-58H,3-10H2,1-2H3,(H,37,45)(H,38,46)/t11-,12-,13-,14-,19+,20+,21+,22+,23-,24-,25-,26-,27-,28-,29-,30-,33-,34-,35+,36+/m1/s1. The maximum Gasteiger partial charge on any atom is 0.325 e. The highest BCUT2D eigenvalue weighted by molar-refractivity contribution is 6.35. The summed E-state index contributed by atoms with van der Waals surface area (Å²) in [6, 6.07) is 0. The Balaban J connectivity index is 1.71. The van der Waals surface area contributed by atoms with Crippen molar-refractivity contribution in [3.8, 4) is 0 Å². The summed E-state index contributed by atoms with van der Waals surface area (Å²) in [6.07, 6.45) is -41.3. The Morgan fingerprint density at radius 1 is 0.441 bits per heavy atom. The second-order valence-corrected chi connectivity index (χ2v) is 15.6. The van der Waals surface area contributed by atoms with Crippen LogP contribution < -0.4 is 10.6 Å². The SMILES string of the molecule is COC(=O)CNC(=O)CN(C(=O)C(=O)N(CC(=O)NCC(=O)OC)[C@@H]1O[C@H](CO)[C@@H](O[C@@H]2O[C@H](CO)[C@H](O)[C@H](O)[C@H]2O)[C@H](O)[C@H]1O)[C@@H]1O[C@H](CO)[C@@H](O[C@@H]2O[C@H](CO)[C@H](O)[C@H](O)[C@H]2O)[C@H](O)[C@H]1O. The molecule has 68 heavy (non-hydrogen) atoms. The zero-order chi connectivity index (χ0) is 50.9. The van der Waals surface area contributed by atoms with Crippen molar-refractivity contribution in [2.24, 2.45) is 0 Å². The predicted molar refractivity (Wildman–Crippen MR) is 206 cm³/mol. The lowest BCUT2D eigenvalue weighted by Crippen LogP contribution is -2.70. The van der Waals surface area contributed by atoms with Crippen LogP contribution in [0.15, 0.2) is 0 Å². The van der Waals surface area contributed by atoms with Crippen LogP contribution in [0.5, 0.6) is 0 Å². The highest BCUT2D eigenvalue weighted by atomic mass is 16.7. The van der Waals surface area contributed by atoms with E-state index in [1.54, 1.807) is 0 Å². The Morgan fingerprint density at radius 3 is 1.06 bits per heavy atom. The minimum Gasteiger partial charge on any atom is -0.468 e. The molecule has 4 saturated heterocycles. The van der Waals surface area contributed by atoms with Gasteiger partial charge in [0.25, 0.3) is 0 Å². The third kappa shape index (κ3) is 12.9. The van der Waals surface area contributed by atoms with Gasteiger partial charge in [-0.3, -0.25) is 38.6 Å². The molecule has 4 aliphatic heterocycles. The molecule has 390 valence electrons. The molecule has 0 aromatic carbocycles. The smallest absolute Gasteiger partial charge is 0.325 e. The molecule has 4 rings (SSSR count). The molecule has 4 amide bonds. The monoisotopic (exact) mass is 994 g/mol. The summed E-state index contributed by atoms with van der Waals surface area (Å²) >= 11 is 0. The van der Waals surface area contributed by atoms with Gasteiger partial charge in [0.2, 0.25) is 11.8 Å². The summed E-state index contributed by atoms with van der Waals surface area (Å²) in [4.78, 5) is 79.3. The third-order valence-electron chi connectivity index (χ3n) is 11.2. The molecule has 0 aromatic rings. The zero-order valence-electron chi connectivity index (χ0n) is 36.1. The van der Waals surface area contributed by atoms with E-state index in [9.17, 15) is 100 Å². The molecule has 32 heteroatoms. The Hall–Kier alpha value is -3.98. The number of carbonyl (C=O) groups excluding carboxylic acids is 6. The van der Waals surface area contributed by atoms with Crippen molar-refractivity contribution in [1.82, 2.24) is 20.4 Å². The van der Waals surface area contributed by atoms with Gasteiger partial charge in [-0.05, 0) is 0 Å². The van der Waals surface area contributed by atoms with Crippen molar-refractivity contribution < 1.29 is 138 Å². The average molecular weight is 995 g/mol. The van der Waals surface area contributed by atoms with Gasteiger partial charge in [0, 0.05) is 0 Å². The highest BCUT2D eigenvalue weighted by Gasteiger charge is 2.56. The molecular formula is C36H58N4O28. The van der Waals surface area contributed by atoms with Crippen molar-refractivity contribution in [2.75, 3.05) is 66.8 Å². The summed E-state index contributed by atoms with van der Waals surface area (Å²) in [7, 11) is 1.90. The number of rotatable bonds is 18. The van der Waals surface area contributed by atoms with E-state index in [-0.39, 0.29) is 9.80 Å². The summed E-state index contributed by atoms with van der Waals surface area (Å²) in [5.41, 5.74) is 0.